The Morgan fingerprint density at radius 3 is 2.33 bits per heavy atom. The SMILES string of the molecule is CC12C=CC=CC1N(c1ccc3oc4ccc(-n5c6c(c7ccccc75)C=CCC6c5ccccc5)cc4c3c1)c1ccccc12. The van der Waals surface area contributed by atoms with E-state index >= 15 is 0 Å². The Morgan fingerprint density at radius 1 is 0.717 bits per heavy atom. The van der Waals surface area contributed by atoms with E-state index in [1.165, 1.54) is 44.7 Å². The van der Waals surface area contributed by atoms with Gasteiger partial charge < -0.3 is 13.9 Å². The van der Waals surface area contributed by atoms with Crippen LogP contribution in [-0.2, 0) is 5.41 Å². The average Bonchev–Trinajstić information content (AvgIpc) is 3.73. The lowest BCUT2D eigenvalue weighted by Crippen LogP contribution is -2.39. The number of allylic oxidation sites excluding steroid dienone is 3. The van der Waals surface area contributed by atoms with Crippen molar-refractivity contribution < 1.29 is 4.42 Å². The van der Waals surface area contributed by atoms with Crippen LogP contribution in [0.5, 0.6) is 0 Å². The molecule has 3 atom stereocenters. The Bertz CT molecular complexity index is 2440. The zero-order chi connectivity index (χ0) is 30.4. The summed E-state index contributed by atoms with van der Waals surface area (Å²) in [6.45, 7) is 2.36. The van der Waals surface area contributed by atoms with Gasteiger partial charge in [0.15, 0.2) is 0 Å². The minimum Gasteiger partial charge on any atom is -0.456 e. The van der Waals surface area contributed by atoms with Gasteiger partial charge in [-0.2, -0.15) is 0 Å². The zero-order valence-electron chi connectivity index (χ0n) is 25.6. The summed E-state index contributed by atoms with van der Waals surface area (Å²) in [6.07, 6.45) is 14.7. The molecule has 0 saturated heterocycles. The molecular formula is C43H32N2O. The molecule has 3 nitrogen and oxygen atoms in total. The smallest absolute Gasteiger partial charge is 0.135 e. The molecule has 3 heterocycles. The molecule has 7 aromatic rings. The van der Waals surface area contributed by atoms with Crippen LogP contribution in [0.15, 0.2) is 150 Å². The lowest BCUT2D eigenvalue weighted by Gasteiger charge is -2.34. The van der Waals surface area contributed by atoms with Gasteiger partial charge in [0.1, 0.15) is 11.2 Å². The van der Waals surface area contributed by atoms with Crippen LogP contribution in [0.4, 0.5) is 11.4 Å². The standard InChI is InChI=1S/C43H32N2O/c1-43-25-10-9-20-41(43)44(38-19-8-6-17-36(38)43)29-21-23-39-34(26-29)35-27-30(22-24-40(35)46-39)45-37-18-7-5-14-32(37)33-16-11-15-31(42(33)45)28-12-3-2-4-13-28/h2-14,16-27,31,41H,15H2,1H3. The van der Waals surface area contributed by atoms with Gasteiger partial charge >= 0.3 is 0 Å². The van der Waals surface area contributed by atoms with Crippen LogP contribution in [-0.4, -0.2) is 10.6 Å². The highest BCUT2D eigenvalue weighted by Gasteiger charge is 2.46. The third kappa shape index (κ3) is 3.48. The maximum atomic E-state index is 6.46. The highest BCUT2D eigenvalue weighted by Crippen LogP contribution is 2.52. The Hall–Kier alpha value is -5.54. The van der Waals surface area contributed by atoms with Crippen molar-refractivity contribution >= 4 is 50.3 Å². The fraction of sp³-hybridized carbons (Fsp3) is 0.116. The Balaban J connectivity index is 1.18. The predicted molar refractivity (Wildman–Crippen MR) is 190 cm³/mol. The first-order valence-electron chi connectivity index (χ1n) is 16.3. The minimum atomic E-state index is -0.0791. The lowest BCUT2D eigenvalue weighted by molar-refractivity contribution is 0.551. The summed E-state index contributed by atoms with van der Waals surface area (Å²) < 4.78 is 8.96. The number of fused-ring (bicyclic) bond motifs is 9. The van der Waals surface area contributed by atoms with E-state index in [2.05, 4.69) is 168 Å². The molecular weight excluding hydrogens is 560 g/mol. The molecule has 0 amide bonds. The number of furan rings is 1. The third-order valence-electron chi connectivity index (χ3n) is 10.6. The quantitative estimate of drug-likeness (QED) is 0.204. The van der Waals surface area contributed by atoms with E-state index in [9.17, 15) is 0 Å². The summed E-state index contributed by atoms with van der Waals surface area (Å²) >= 11 is 0. The normalized spacial score (nSPS) is 21.3. The van der Waals surface area contributed by atoms with Crippen LogP contribution in [0.25, 0.3) is 44.6 Å². The molecule has 0 fully saturated rings. The van der Waals surface area contributed by atoms with Gasteiger partial charge in [-0.1, -0.05) is 103 Å². The van der Waals surface area contributed by atoms with Crippen molar-refractivity contribution in [2.45, 2.75) is 30.7 Å². The van der Waals surface area contributed by atoms with Crippen LogP contribution in [0.1, 0.15) is 41.6 Å². The monoisotopic (exact) mass is 592 g/mol. The molecule has 2 aliphatic carbocycles. The molecule has 1 aliphatic heterocycles. The number of hydrogen-bond donors (Lipinski definition) is 0. The van der Waals surface area contributed by atoms with E-state index < -0.39 is 0 Å². The van der Waals surface area contributed by atoms with Crippen molar-refractivity contribution in [1.29, 1.82) is 0 Å². The van der Waals surface area contributed by atoms with Crippen molar-refractivity contribution in [3.8, 4) is 5.69 Å². The Morgan fingerprint density at radius 2 is 1.46 bits per heavy atom. The Kier molecular flexibility index (Phi) is 5.31. The van der Waals surface area contributed by atoms with Crippen molar-refractivity contribution in [3.05, 3.63) is 168 Å². The summed E-state index contributed by atoms with van der Waals surface area (Å²) in [5, 5.41) is 3.57. The van der Waals surface area contributed by atoms with Crippen LogP contribution in [0, 0.1) is 0 Å². The third-order valence-corrected chi connectivity index (χ3v) is 10.6. The summed E-state index contributed by atoms with van der Waals surface area (Å²) in [6, 6.07) is 42.2. The van der Waals surface area contributed by atoms with Crippen molar-refractivity contribution in [2.24, 2.45) is 0 Å². The molecule has 3 unspecified atom stereocenters. The fourth-order valence-corrected chi connectivity index (χ4v) is 8.45. The van der Waals surface area contributed by atoms with E-state index in [0.29, 0.717) is 0 Å². The molecule has 5 aromatic carbocycles. The maximum absolute atomic E-state index is 6.46. The van der Waals surface area contributed by atoms with Crippen LogP contribution in [0.3, 0.4) is 0 Å². The van der Waals surface area contributed by atoms with Crippen molar-refractivity contribution in [2.75, 3.05) is 4.90 Å². The minimum absolute atomic E-state index is 0.0791. The largest absolute Gasteiger partial charge is 0.456 e. The highest BCUT2D eigenvalue weighted by atomic mass is 16.3. The van der Waals surface area contributed by atoms with E-state index in [-0.39, 0.29) is 17.4 Å². The summed E-state index contributed by atoms with van der Waals surface area (Å²) in [7, 11) is 0. The van der Waals surface area contributed by atoms with Crippen LogP contribution < -0.4 is 4.90 Å². The first-order chi connectivity index (χ1) is 22.7. The van der Waals surface area contributed by atoms with Gasteiger partial charge in [0, 0.05) is 55.8 Å². The van der Waals surface area contributed by atoms with Gasteiger partial charge in [0.2, 0.25) is 0 Å². The lowest BCUT2D eigenvalue weighted by atomic mass is 9.76. The second kappa shape index (κ2) is 9.48. The molecule has 0 saturated carbocycles. The highest BCUT2D eigenvalue weighted by molar-refractivity contribution is 6.07. The average molecular weight is 593 g/mol. The van der Waals surface area contributed by atoms with Crippen LogP contribution in [0.2, 0.25) is 0 Å². The first-order valence-corrected chi connectivity index (χ1v) is 16.3. The van der Waals surface area contributed by atoms with Gasteiger partial charge in [-0.15, -0.1) is 0 Å². The number of anilines is 2. The van der Waals surface area contributed by atoms with Gasteiger partial charge in [-0.05, 0) is 73.0 Å². The topological polar surface area (TPSA) is 21.3 Å². The molecule has 2 aromatic heterocycles. The number of hydrogen-bond acceptors (Lipinski definition) is 2. The van der Waals surface area contributed by atoms with Gasteiger partial charge in [0.05, 0.1) is 11.6 Å². The van der Waals surface area contributed by atoms with Crippen LogP contribution >= 0.6 is 0 Å². The molecule has 3 heteroatoms. The summed E-state index contributed by atoms with van der Waals surface area (Å²) in [4.78, 5) is 2.50. The molecule has 220 valence electrons. The zero-order valence-corrected chi connectivity index (χ0v) is 25.6. The second-order valence-electron chi connectivity index (χ2n) is 13.1. The molecule has 46 heavy (non-hydrogen) atoms. The second-order valence-corrected chi connectivity index (χ2v) is 13.1. The Labute approximate surface area is 268 Å². The van der Waals surface area contributed by atoms with Gasteiger partial charge in [-0.3, -0.25) is 0 Å². The molecule has 0 bridgehead atoms. The molecule has 0 spiro atoms. The van der Waals surface area contributed by atoms with E-state index in [1.807, 2.05) is 0 Å². The molecule has 0 radical (unpaired) electrons. The molecule has 10 rings (SSSR count). The van der Waals surface area contributed by atoms with Gasteiger partial charge in [-0.25, -0.2) is 0 Å². The van der Waals surface area contributed by atoms with Crippen molar-refractivity contribution in [1.82, 2.24) is 4.57 Å². The van der Waals surface area contributed by atoms with Crippen molar-refractivity contribution in [3.63, 3.8) is 0 Å². The fourth-order valence-electron chi connectivity index (χ4n) is 8.45. The summed E-state index contributed by atoms with van der Waals surface area (Å²) in [5.41, 5.74) is 12.0. The number of para-hydroxylation sites is 2. The molecule has 0 N–H and O–H groups in total. The predicted octanol–water partition coefficient (Wildman–Crippen LogP) is 11.0. The maximum Gasteiger partial charge on any atom is 0.135 e. The number of rotatable bonds is 3. The molecule has 3 aliphatic rings. The first kappa shape index (κ1) is 25.8. The van der Waals surface area contributed by atoms with E-state index in [4.69, 9.17) is 4.42 Å². The number of benzene rings is 5. The number of nitrogens with zero attached hydrogens (tertiary/aromatic N) is 2. The van der Waals surface area contributed by atoms with Gasteiger partial charge in [0.25, 0.3) is 0 Å². The van der Waals surface area contributed by atoms with E-state index in [1.54, 1.807) is 0 Å². The summed E-state index contributed by atoms with van der Waals surface area (Å²) in [5.74, 6) is 0.277. The number of aromatic nitrogens is 1. The van der Waals surface area contributed by atoms with E-state index in [0.717, 1.165) is 34.0 Å².